The second-order valence-electron chi connectivity index (χ2n) is 12.2. The Labute approximate surface area is 286 Å². The molecular weight excluding hydrogens is 597 g/mol. The van der Waals surface area contributed by atoms with E-state index in [9.17, 15) is 0 Å². The molecule has 0 spiro atoms. The van der Waals surface area contributed by atoms with Gasteiger partial charge in [-0.05, 0) is 113 Å². The molecule has 0 aromatic heterocycles. The molecule has 232 valence electrons. The Hall–Kier alpha value is -6.58. The van der Waals surface area contributed by atoms with Gasteiger partial charge in [0, 0.05) is 45.1 Å². The minimum Gasteiger partial charge on any atom is -0.456 e. The van der Waals surface area contributed by atoms with Gasteiger partial charge in [0.2, 0.25) is 0 Å². The van der Waals surface area contributed by atoms with E-state index in [1.54, 1.807) is 0 Å². The fraction of sp³-hybridized carbons (Fsp3) is 0. The van der Waals surface area contributed by atoms with E-state index in [2.05, 4.69) is 204 Å². The van der Waals surface area contributed by atoms with E-state index in [-0.39, 0.29) is 0 Å². The molecule has 3 heteroatoms. The highest BCUT2D eigenvalue weighted by molar-refractivity contribution is 6.06. The predicted molar refractivity (Wildman–Crippen MR) is 204 cm³/mol. The number of anilines is 6. The Morgan fingerprint density at radius 3 is 1.35 bits per heavy atom. The van der Waals surface area contributed by atoms with Crippen molar-refractivity contribution in [1.82, 2.24) is 0 Å². The number of para-hydroxylation sites is 4. The molecule has 8 aromatic carbocycles. The molecule has 0 saturated heterocycles. The zero-order chi connectivity index (χ0) is 32.6. The summed E-state index contributed by atoms with van der Waals surface area (Å²) in [6.07, 6.45) is 0. The summed E-state index contributed by atoms with van der Waals surface area (Å²) in [7, 11) is 0. The van der Waals surface area contributed by atoms with E-state index in [0.717, 1.165) is 73.1 Å². The van der Waals surface area contributed by atoms with Gasteiger partial charge in [-0.25, -0.2) is 0 Å². The molecule has 8 aromatic rings. The molecule has 0 aliphatic carbocycles. The number of fused-ring (bicyclic) bond motifs is 2. The van der Waals surface area contributed by atoms with Crippen LogP contribution in [-0.4, -0.2) is 0 Å². The van der Waals surface area contributed by atoms with Gasteiger partial charge in [0.15, 0.2) is 0 Å². The summed E-state index contributed by atoms with van der Waals surface area (Å²) in [6.45, 7) is 0. The van der Waals surface area contributed by atoms with E-state index < -0.39 is 0 Å². The lowest BCUT2D eigenvalue weighted by atomic mass is 9.91. The lowest BCUT2D eigenvalue weighted by Crippen LogP contribution is -2.10. The van der Waals surface area contributed by atoms with Crippen molar-refractivity contribution in [3.8, 4) is 33.8 Å². The molecule has 3 nitrogen and oxygen atoms in total. The molecule has 0 unspecified atom stereocenters. The third kappa shape index (κ3) is 5.28. The quantitative estimate of drug-likeness (QED) is 0.175. The lowest BCUT2D eigenvalue weighted by Gasteiger charge is -2.28. The summed E-state index contributed by atoms with van der Waals surface area (Å²) >= 11 is 0. The molecule has 0 saturated carbocycles. The van der Waals surface area contributed by atoms with Crippen LogP contribution in [0, 0.1) is 0 Å². The molecule has 1 heterocycles. The average Bonchev–Trinajstić information content (AvgIpc) is 3.17. The third-order valence-electron chi connectivity index (χ3n) is 9.19. The van der Waals surface area contributed by atoms with Gasteiger partial charge in [0.05, 0.1) is 0 Å². The highest BCUT2D eigenvalue weighted by Gasteiger charge is 2.23. The van der Waals surface area contributed by atoms with Gasteiger partial charge >= 0.3 is 0 Å². The van der Waals surface area contributed by atoms with Crippen LogP contribution in [0.25, 0.3) is 33.0 Å². The maximum atomic E-state index is 6.71. The van der Waals surface area contributed by atoms with Crippen molar-refractivity contribution < 1.29 is 4.74 Å². The van der Waals surface area contributed by atoms with Gasteiger partial charge < -0.3 is 14.5 Å². The van der Waals surface area contributed by atoms with E-state index in [4.69, 9.17) is 4.74 Å². The molecular formula is C46H32N2O. The van der Waals surface area contributed by atoms with Gasteiger partial charge in [0.25, 0.3) is 0 Å². The summed E-state index contributed by atoms with van der Waals surface area (Å²) in [5.74, 6) is 1.74. The van der Waals surface area contributed by atoms with E-state index in [0.29, 0.717) is 0 Å². The first-order valence-electron chi connectivity index (χ1n) is 16.6. The van der Waals surface area contributed by atoms with Crippen LogP contribution in [-0.2, 0) is 0 Å². The summed E-state index contributed by atoms with van der Waals surface area (Å²) in [5, 5.41) is 2.29. The van der Waals surface area contributed by atoms with Crippen molar-refractivity contribution >= 4 is 44.9 Å². The Kier molecular flexibility index (Phi) is 7.14. The van der Waals surface area contributed by atoms with Crippen molar-refractivity contribution in [1.29, 1.82) is 0 Å². The maximum Gasteiger partial charge on any atom is 0.136 e. The van der Waals surface area contributed by atoms with Crippen LogP contribution in [0.1, 0.15) is 0 Å². The monoisotopic (exact) mass is 628 g/mol. The summed E-state index contributed by atoms with van der Waals surface area (Å²) in [4.78, 5) is 4.57. The van der Waals surface area contributed by atoms with E-state index in [1.165, 1.54) is 5.56 Å². The molecule has 0 N–H and O–H groups in total. The van der Waals surface area contributed by atoms with Crippen LogP contribution in [0.5, 0.6) is 11.5 Å². The van der Waals surface area contributed by atoms with Crippen LogP contribution in [0.3, 0.4) is 0 Å². The number of nitrogens with zero attached hydrogens (tertiary/aromatic N) is 2. The lowest BCUT2D eigenvalue weighted by molar-refractivity contribution is 0.487. The maximum absolute atomic E-state index is 6.71. The SMILES string of the molecule is c1ccc(N(c2ccccc2)c2ccc(-c3cc4c5c(cccc5c3)-c3cc(N(c5ccccc5)c5ccccc5)ccc3O4)cc2)cc1. The first kappa shape index (κ1) is 28.6. The molecule has 1 aliphatic heterocycles. The minimum atomic E-state index is 0.860. The van der Waals surface area contributed by atoms with Crippen molar-refractivity contribution in [2.24, 2.45) is 0 Å². The number of hydrogen-bond donors (Lipinski definition) is 0. The smallest absolute Gasteiger partial charge is 0.136 e. The molecule has 0 amide bonds. The van der Waals surface area contributed by atoms with E-state index in [1.807, 2.05) is 0 Å². The highest BCUT2D eigenvalue weighted by atomic mass is 16.5. The van der Waals surface area contributed by atoms with Gasteiger partial charge in [-0.2, -0.15) is 0 Å². The molecule has 49 heavy (non-hydrogen) atoms. The standard InChI is InChI=1S/C46H32N2O/c1-5-15-36(16-6-1)47(37-17-7-2-8-18-37)40-26-24-33(25-27-40)35-30-34-14-13-23-42-43-32-41(28-29-44(43)49-45(31-35)46(34)42)48(38-19-9-3-10-20-38)39-21-11-4-12-22-39/h1-32H. The van der Waals surface area contributed by atoms with Crippen LogP contribution >= 0.6 is 0 Å². The van der Waals surface area contributed by atoms with Gasteiger partial charge in [0.1, 0.15) is 11.5 Å². The number of rotatable bonds is 7. The molecule has 0 fully saturated rings. The van der Waals surface area contributed by atoms with Crippen LogP contribution in [0.4, 0.5) is 34.1 Å². The third-order valence-corrected chi connectivity index (χ3v) is 9.19. The van der Waals surface area contributed by atoms with Crippen molar-refractivity contribution in [3.63, 3.8) is 0 Å². The fourth-order valence-electron chi connectivity index (χ4n) is 6.94. The Morgan fingerprint density at radius 1 is 0.306 bits per heavy atom. The van der Waals surface area contributed by atoms with Crippen LogP contribution < -0.4 is 14.5 Å². The van der Waals surface area contributed by atoms with Crippen molar-refractivity contribution in [2.75, 3.05) is 9.80 Å². The van der Waals surface area contributed by atoms with E-state index >= 15 is 0 Å². The summed E-state index contributed by atoms with van der Waals surface area (Å²) in [6, 6.07) is 68.3. The summed E-state index contributed by atoms with van der Waals surface area (Å²) in [5.41, 5.74) is 11.2. The van der Waals surface area contributed by atoms with Gasteiger partial charge in [-0.15, -0.1) is 0 Å². The van der Waals surface area contributed by atoms with Gasteiger partial charge in [-0.1, -0.05) is 103 Å². The largest absolute Gasteiger partial charge is 0.456 e. The first-order chi connectivity index (χ1) is 24.3. The molecule has 0 bridgehead atoms. The number of hydrogen-bond acceptors (Lipinski definition) is 3. The number of benzene rings is 8. The fourth-order valence-corrected chi connectivity index (χ4v) is 6.94. The zero-order valence-corrected chi connectivity index (χ0v) is 26.8. The van der Waals surface area contributed by atoms with Crippen molar-refractivity contribution in [2.45, 2.75) is 0 Å². The minimum absolute atomic E-state index is 0.860. The average molecular weight is 629 g/mol. The molecule has 0 atom stereocenters. The van der Waals surface area contributed by atoms with Gasteiger partial charge in [-0.3, -0.25) is 0 Å². The second kappa shape index (κ2) is 12.2. The van der Waals surface area contributed by atoms with Crippen molar-refractivity contribution in [3.05, 3.63) is 194 Å². The predicted octanol–water partition coefficient (Wildman–Crippen LogP) is 13.2. The topological polar surface area (TPSA) is 15.7 Å². The zero-order valence-electron chi connectivity index (χ0n) is 26.8. The Morgan fingerprint density at radius 2 is 0.796 bits per heavy atom. The normalized spacial score (nSPS) is 11.4. The number of ether oxygens (including phenoxy) is 1. The molecule has 1 aliphatic rings. The Balaban J connectivity index is 1.10. The first-order valence-corrected chi connectivity index (χ1v) is 16.6. The highest BCUT2D eigenvalue weighted by Crippen LogP contribution is 2.50. The molecule has 0 radical (unpaired) electrons. The Bertz CT molecular complexity index is 2310. The summed E-state index contributed by atoms with van der Waals surface area (Å²) < 4.78 is 6.71. The molecule has 9 rings (SSSR count). The van der Waals surface area contributed by atoms with Crippen LogP contribution in [0.2, 0.25) is 0 Å². The second-order valence-corrected chi connectivity index (χ2v) is 12.2. The van der Waals surface area contributed by atoms with Crippen LogP contribution in [0.15, 0.2) is 194 Å².